The molecule has 0 aliphatic carbocycles. The molecule has 0 spiro atoms. The Morgan fingerprint density at radius 2 is 1.88 bits per heavy atom. The fourth-order valence-electron chi connectivity index (χ4n) is 4.18. The van der Waals surface area contributed by atoms with Crippen LogP contribution in [-0.4, -0.2) is 53.0 Å². The molecule has 0 saturated carbocycles. The van der Waals surface area contributed by atoms with Crippen LogP contribution in [0.2, 0.25) is 0 Å². The van der Waals surface area contributed by atoms with E-state index in [1.807, 2.05) is 30.3 Å². The maximum atomic E-state index is 13.3. The molecule has 1 N–H and O–H groups in total. The lowest BCUT2D eigenvalue weighted by Crippen LogP contribution is -2.70. The first kappa shape index (κ1) is 23.4. The lowest BCUT2D eigenvalue weighted by atomic mass is 9.83. The summed E-state index contributed by atoms with van der Waals surface area (Å²) in [6.07, 6.45) is 0. The molecular formula is C24H25ClN2O5S. The minimum atomic E-state index is -1.27. The third kappa shape index (κ3) is 4.42. The predicted octanol–water partition coefficient (Wildman–Crippen LogP) is 3.12. The van der Waals surface area contributed by atoms with Crippen molar-refractivity contribution in [3.63, 3.8) is 0 Å². The van der Waals surface area contributed by atoms with E-state index >= 15 is 0 Å². The SMILES string of the molecule is COc1ccc(COC(=O)C2(CCl)CN3C(=O)C(c4ccccc4)[C@H]3SC2NC(C)=O)cc1. The molecule has 2 aliphatic rings. The number of methoxy groups -OCH3 is 1. The number of esters is 1. The summed E-state index contributed by atoms with van der Waals surface area (Å²) in [6, 6.07) is 16.7. The number of rotatable bonds is 7. The van der Waals surface area contributed by atoms with Crippen LogP contribution in [0.4, 0.5) is 0 Å². The molecule has 2 saturated heterocycles. The van der Waals surface area contributed by atoms with Crippen LogP contribution >= 0.6 is 23.4 Å². The van der Waals surface area contributed by atoms with Gasteiger partial charge in [0.1, 0.15) is 17.8 Å². The van der Waals surface area contributed by atoms with Gasteiger partial charge in [0.25, 0.3) is 0 Å². The van der Waals surface area contributed by atoms with Crippen LogP contribution in [0, 0.1) is 5.41 Å². The molecule has 33 heavy (non-hydrogen) atoms. The first-order chi connectivity index (χ1) is 15.9. The summed E-state index contributed by atoms with van der Waals surface area (Å²) in [5.74, 6) is -0.603. The van der Waals surface area contributed by atoms with Crippen molar-refractivity contribution in [2.75, 3.05) is 19.5 Å². The molecule has 0 bridgehead atoms. The average molecular weight is 489 g/mol. The molecule has 0 aromatic heterocycles. The summed E-state index contributed by atoms with van der Waals surface area (Å²) < 4.78 is 10.8. The highest BCUT2D eigenvalue weighted by Crippen LogP contribution is 2.52. The van der Waals surface area contributed by atoms with E-state index in [1.165, 1.54) is 18.7 Å². The van der Waals surface area contributed by atoms with Crippen molar-refractivity contribution in [3.8, 4) is 5.75 Å². The maximum absolute atomic E-state index is 13.3. The molecule has 9 heteroatoms. The van der Waals surface area contributed by atoms with Gasteiger partial charge in [0, 0.05) is 19.3 Å². The first-order valence-electron chi connectivity index (χ1n) is 10.5. The van der Waals surface area contributed by atoms with Gasteiger partial charge in [0.05, 0.1) is 23.8 Å². The normalized spacial score (nSPS) is 26.1. The second-order valence-corrected chi connectivity index (χ2v) is 9.67. The largest absolute Gasteiger partial charge is 0.497 e. The van der Waals surface area contributed by atoms with Crippen LogP contribution in [-0.2, 0) is 25.7 Å². The van der Waals surface area contributed by atoms with Crippen LogP contribution in [0.25, 0.3) is 0 Å². The molecule has 0 radical (unpaired) electrons. The zero-order valence-electron chi connectivity index (χ0n) is 18.3. The number of halogens is 1. The van der Waals surface area contributed by atoms with Crippen LogP contribution in [0.3, 0.4) is 0 Å². The van der Waals surface area contributed by atoms with Crippen molar-refractivity contribution in [1.82, 2.24) is 10.2 Å². The number of ether oxygens (including phenoxy) is 2. The van der Waals surface area contributed by atoms with Gasteiger partial charge in [0.2, 0.25) is 11.8 Å². The molecule has 3 unspecified atom stereocenters. The Morgan fingerprint density at radius 1 is 1.18 bits per heavy atom. The second kappa shape index (κ2) is 9.65. The molecule has 4 rings (SSSR count). The molecular weight excluding hydrogens is 464 g/mol. The number of alkyl halides is 1. The minimum Gasteiger partial charge on any atom is -0.497 e. The Hall–Kier alpha value is -2.71. The van der Waals surface area contributed by atoms with Crippen molar-refractivity contribution >= 4 is 41.1 Å². The number of amides is 2. The summed E-state index contributed by atoms with van der Waals surface area (Å²) in [4.78, 5) is 40.0. The Kier molecular flexibility index (Phi) is 6.86. The quantitative estimate of drug-likeness (QED) is 0.366. The van der Waals surface area contributed by atoms with E-state index in [9.17, 15) is 14.4 Å². The molecule has 2 aromatic rings. The standard InChI is InChI=1S/C24H25ClN2O5S/c1-15(28)26-22-24(13-25,23(30)32-12-16-8-10-18(31-2)11-9-16)14-27-20(29)19(21(27)33-22)17-6-4-3-5-7-17/h3-11,19,21-22H,12-14H2,1-2H3,(H,26,28)/t19?,21-,22?,24?/m1/s1. The van der Waals surface area contributed by atoms with E-state index in [2.05, 4.69) is 5.32 Å². The molecule has 7 nitrogen and oxygen atoms in total. The average Bonchev–Trinajstić information content (AvgIpc) is 2.83. The fourth-order valence-corrected chi connectivity index (χ4v) is 6.40. The molecule has 2 fully saturated rings. The van der Waals surface area contributed by atoms with E-state index in [0.717, 1.165) is 11.1 Å². The maximum Gasteiger partial charge on any atom is 0.318 e. The zero-order valence-corrected chi connectivity index (χ0v) is 19.9. The van der Waals surface area contributed by atoms with E-state index < -0.39 is 16.8 Å². The molecule has 2 aromatic carbocycles. The number of hydrogen-bond donors (Lipinski definition) is 1. The molecule has 2 amide bonds. The van der Waals surface area contributed by atoms with Crippen molar-refractivity contribution in [1.29, 1.82) is 0 Å². The number of hydrogen-bond acceptors (Lipinski definition) is 6. The Bertz CT molecular complexity index is 1030. The van der Waals surface area contributed by atoms with Crippen molar-refractivity contribution < 1.29 is 23.9 Å². The lowest BCUT2D eigenvalue weighted by Gasteiger charge is -2.56. The monoisotopic (exact) mass is 488 g/mol. The minimum absolute atomic E-state index is 0.0446. The smallest absolute Gasteiger partial charge is 0.318 e. The van der Waals surface area contributed by atoms with Crippen molar-refractivity contribution in [3.05, 3.63) is 65.7 Å². The molecule has 2 heterocycles. The zero-order chi connectivity index (χ0) is 23.6. The van der Waals surface area contributed by atoms with E-state index in [4.69, 9.17) is 21.1 Å². The summed E-state index contributed by atoms with van der Waals surface area (Å²) in [5.41, 5.74) is 0.437. The van der Waals surface area contributed by atoms with Gasteiger partial charge in [-0.3, -0.25) is 14.4 Å². The number of fused-ring (bicyclic) bond motifs is 1. The number of nitrogens with zero attached hydrogens (tertiary/aromatic N) is 1. The van der Waals surface area contributed by atoms with Crippen molar-refractivity contribution in [2.45, 2.75) is 30.2 Å². The number of β-lactam (4-membered cyclic amide) rings is 1. The number of thioether (sulfide) groups is 1. The molecule has 4 atom stereocenters. The van der Waals surface area contributed by atoms with Gasteiger partial charge >= 0.3 is 5.97 Å². The number of nitrogens with one attached hydrogen (secondary N) is 1. The summed E-state index contributed by atoms with van der Waals surface area (Å²) >= 11 is 7.72. The fraction of sp³-hybridized carbons (Fsp3) is 0.375. The number of carbonyl (C=O) groups excluding carboxylic acids is 3. The summed E-state index contributed by atoms with van der Waals surface area (Å²) in [6.45, 7) is 1.53. The van der Waals surface area contributed by atoms with Crippen LogP contribution in [0.1, 0.15) is 24.0 Å². The van der Waals surface area contributed by atoms with Gasteiger partial charge in [-0.25, -0.2) is 0 Å². The molecule has 2 aliphatic heterocycles. The summed E-state index contributed by atoms with van der Waals surface area (Å²) in [7, 11) is 1.58. The van der Waals surface area contributed by atoms with Gasteiger partial charge in [0.15, 0.2) is 0 Å². The van der Waals surface area contributed by atoms with Crippen LogP contribution in [0.5, 0.6) is 5.75 Å². The third-order valence-electron chi connectivity index (χ3n) is 6.04. The number of benzene rings is 2. The predicted molar refractivity (Wildman–Crippen MR) is 126 cm³/mol. The van der Waals surface area contributed by atoms with Gasteiger partial charge in [-0.2, -0.15) is 0 Å². The van der Waals surface area contributed by atoms with Crippen molar-refractivity contribution in [2.24, 2.45) is 5.41 Å². The highest BCUT2D eigenvalue weighted by molar-refractivity contribution is 8.00. The van der Waals surface area contributed by atoms with Gasteiger partial charge in [-0.15, -0.1) is 23.4 Å². The topological polar surface area (TPSA) is 84.9 Å². The van der Waals surface area contributed by atoms with Crippen LogP contribution in [0.15, 0.2) is 54.6 Å². The number of carbonyl (C=O) groups is 3. The Balaban J connectivity index is 1.54. The lowest BCUT2D eigenvalue weighted by molar-refractivity contribution is -0.163. The van der Waals surface area contributed by atoms with E-state index in [0.29, 0.717) is 5.75 Å². The Morgan fingerprint density at radius 3 is 2.48 bits per heavy atom. The van der Waals surface area contributed by atoms with E-state index in [1.54, 1.807) is 36.3 Å². The highest BCUT2D eigenvalue weighted by atomic mass is 35.5. The molecule has 174 valence electrons. The highest BCUT2D eigenvalue weighted by Gasteiger charge is 2.62. The summed E-state index contributed by atoms with van der Waals surface area (Å²) in [5, 5.41) is 2.05. The van der Waals surface area contributed by atoms with Gasteiger partial charge < -0.3 is 19.7 Å². The van der Waals surface area contributed by atoms with Crippen LogP contribution < -0.4 is 10.1 Å². The van der Waals surface area contributed by atoms with Gasteiger partial charge in [-0.1, -0.05) is 42.5 Å². The third-order valence-corrected chi connectivity index (χ3v) is 8.16. The van der Waals surface area contributed by atoms with Gasteiger partial charge in [-0.05, 0) is 23.3 Å². The van der Waals surface area contributed by atoms with E-state index in [-0.39, 0.29) is 42.1 Å². The second-order valence-electron chi connectivity index (χ2n) is 8.18. The first-order valence-corrected chi connectivity index (χ1v) is 12.0. The Labute approximate surface area is 201 Å².